The van der Waals surface area contributed by atoms with Crippen LogP contribution in [-0.2, 0) is 16.3 Å². The minimum absolute atomic E-state index is 0.0328. The zero-order valence-corrected chi connectivity index (χ0v) is 17.1. The summed E-state index contributed by atoms with van der Waals surface area (Å²) in [6.45, 7) is -0.502. The maximum absolute atomic E-state index is 14.2. The third kappa shape index (κ3) is 5.46. The van der Waals surface area contributed by atoms with Crippen LogP contribution in [0.15, 0.2) is 36.5 Å². The van der Waals surface area contributed by atoms with Crippen molar-refractivity contribution in [2.75, 3.05) is 13.7 Å². The number of carbonyl (C=O) groups excluding carboxylic acids is 2. The van der Waals surface area contributed by atoms with Crippen LogP contribution in [0.4, 0.5) is 26.3 Å². The van der Waals surface area contributed by atoms with Crippen LogP contribution in [0, 0.1) is 17.0 Å². The van der Waals surface area contributed by atoms with Crippen molar-refractivity contribution < 1.29 is 45.6 Å². The Hall–Kier alpha value is -3.51. The summed E-state index contributed by atoms with van der Waals surface area (Å²) in [7, 11) is 1.10. The predicted molar refractivity (Wildman–Crippen MR) is 100 cm³/mol. The van der Waals surface area contributed by atoms with Crippen molar-refractivity contribution in [2.45, 2.75) is 31.1 Å². The lowest BCUT2D eigenvalue weighted by molar-refractivity contribution is -0.501. The van der Waals surface area contributed by atoms with Crippen LogP contribution in [0.2, 0.25) is 0 Å². The number of nitrogens with zero attached hydrogens (tertiary/aromatic N) is 2. The molecule has 1 unspecified atom stereocenters. The molecule has 13 heteroatoms. The third-order valence-corrected chi connectivity index (χ3v) is 4.96. The summed E-state index contributed by atoms with van der Waals surface area (Å²) in [4.78, 5) is 37.2. The number of methoxy groups -OCH3 is 1. The molecule has 178 valence electrons. The molecule has 0 aliphatic carbocycles. The first-order valence-electron chi connectivity index (χ1n) is 9.07. The molecule has 2 aromatic rings. The SMILES string of the molecule is COC(=O)c1ccc(C(=O)CC(C[N+](=O)[O-])(c2ccnc(C(F)(F)F)c2)C(F)(F)F)cc1C. The van der Waals surface area contributed by atoms with E-state index in [0.29, 0.717) is 12.3 Å². The van der Waals surface area contributed by atoms with Crippen LogP contribution >= 0.6 is 0 Å². The summed E-state index contributed by atoms with van der Waals surface area (Å²) in [5, 5.41) is 11.1. The highest BCUT2D eigenvalue weighted by Gasteiger charge is 2.61. The van der Waals surface area contributed by atoms with Crippen LogP contribution in [0.25, 0.3) is 0 Å². The van der Waals surface area contributed by atoms with E-state index in [9.17, 15) is 46.0 Å². The maximum atomic E-state index is 14.2. The number of esters is 1. The number of carbonyl (C=O) groups is 2. The number of hydrogen-bond acceptors (Lipinski definition) is 6. The van der Waals surface area contributed by atoms with Gasteiger partial charge in [-0.3, -0.25) is 19.9 Å². The van der Waals surface area contributed by atoms with E-state index in [1.165, 1.54) is 6.92 Å². The first-order valence-corrected chi connectivity index (χ1v) is 9.07. The number of aryl methyl sites for hydroxylation is 1. The maximum Gasteiger partial charge on any atom is 0.433 e. The second kappa shape index (κ2) is 9.16. The van der Waals surface area contributed by atoms with Gasteiger partial charge >= 0.3 is 18.3 Å². The summed E-state index contributed by atoms with van der Waals surface area (Å²) in [6.07, 6.45) is -11.7. The molecule has 1 aromatic carbocycles. The molecule has 0 saturated heterocycles. The molecule has 0 spiro atoms. The van der Waals surface area contributed by atoms with Gasteiger partial charge in [0.15, 0.2) is 11.2 Å². The van der Waals surface area contributed by atoms with Gasteiger partial charge in [0.25, 0.3) is 0 Å². The fourth-order valence-corrected chi connectivity index (χ4v) is 3.26. The number of pyridine rings is 1. The van der Waals surface area contributed by atoms with E-state index in [1.54, 1.807) is 0 Å². The zero-order chi connectivity index (χ0) is 25.2. The van der Waals surface area contributed by atoms with Crippen molar-refractivity contribution in [1.82, 2.24) is 4.98 Å². The lowest BCUT2D eigenvalue weighted by Crippen LogP contribution is -2.49. The van der Waals surface area contributed by atoms with Crippen molar-refractivity contribution >= 4 is 11.8 Å². The molecule has 0 radical (unpaired) electrons. The van der Waals surface area contributed by atoms with E-state index >= 15 is 0 Å². The Bertz CT molecular complexity index is 1080. The Morgan fingerprint density at radius 3 is 2.21 bits per heavy atom. The number of ketones is 1. The van der Waals surface area contributed by atoms with Gasteiger partial charge < -0.3 is 4.74 Å². The Labute approximate surface area is 182 Å². The van der Waals surface area contributed by atoms with Gasteiger partial charge in [-0.05, 0) is 42.3 Å². The minimum Gasteiger partial charge on any atom is -0.465 e. The van der Waals surface area contributed by atoms with Gasteiger partial charge in [-0.1, -0.05) is 6.07 Å². The number of aromatic nitrogens is 1. The van der Waals surface area contributed by atoms with Crippen LogP contribution in [0.3, 0.4) is 0 Å². The Kier molecular flexibility index (Phi) is 7.14. The van der Waals surface area contributed by atoms with Crippen molar-refractivity contribution in [3.63, 3.8) is 0 Å². The molecule has 2 rings (SSSR count). The third-order valence-electron chi connectivity index (χ3n) is 4.96. The summed E-state index contributed by atoms with van der Waals surface area (Å²) in [5.74, 6) is -1.99. The van der Waals surface area contributed by atoms with E-state index in [0.717, 1.165) is 25.3 Å². The number of Topliss-reactive ketones (excluding diaryl/α,β-unsaturated/α-hetero) is 1. The first-order chi connectivity index (χ1) is 15.1. The lowest BCUT2D eigenvalue weighted by Gasteiger charge is -2.32. The largest absolute Gasteiger partial charge is 0.465 e. The number of benzene rings is 1. The van der Waals surface area contributed by atoms with Crippen LogP contribution in [0.5, 0.6) is 0 Å². The number of hydrogen-bond donors (Lipinski definition) is 0. The standard InChI is InChI=1S/C20H16F6N2O5/c1-11-7-12(3-4-14(11)17(30)33-2)15(29)9-18(10-28(31)32,20(24,25)26)13-5-6-27-16(8-13)19(21,22)23/h3-8H,9-10H2,1-2H3. The number of ether oxygens (including phenoxy) is 1. The number of halogens is 6. The van der Waals surface area contributed by atoms with Crippen molar-refractivity contribution in [3.05, 3.63) is 74.6 Å². The molecule has 0 aliphatic rings. The van der Waals surface area contributed by atoms with E-state index in [1.807, 2.05) is 0 Å². The number of rotatable bonds is 7. The molecule has 0 saturated carbocycles. The van der Waals surface area contributed by atoms with E-state index in [2.05, 4.69) is 9.72 Å². The van der Waals surface area contributed by atoms with Gasteiger partial charge in [0, 0.05) is 23.1 Å². The van der Waals surface area contributed by atoms with Gasteiger partial charge in [-0.15, -0.1) is 0 Å². The molecule has 0 N–H and O–H groups in total. The quantitative estimate of drug-likeness (QED) is 0.190. The fourth-order valence-electron chi connectivity index (χ4n) is 3.26. The second-order valence-corrected chi connectivity index (χ2v) is 7.12. The summed E-state index contributed by atoms with van der Waals surface area (Å²) in [5.41, 5.74) is -6.48. The summed E-state index contributed by atoms with van der Waals surface area (Å²) in [6, 6.07) is 3.87. The van der Waals surface area contributed by atoms with Gasteiger partial charge in [0.2, 0.25) is 6.54 Å². The van der Waals surface area contributed by atoms with Crippen LogP contribution < -0.4 is 0 Å². The van der Waals surface area contributed by atoms with E-state index < -0.39 is 58.7 Å². The molecule has 7 nitrogen and oxygen atoms in total. The number of alkyl halides is 6. The highest BCUT2D eigenvalue weighted by Crippen LogP contribution is 2.46. The molecular weight excluding hydrogens is 462 g/mol. The molecule has 1 atom stereocenters. The Morgan fingerprint density at radius 1 is 1.09 bits per heavy atom. The van der Waals surface area contributed by atoms with Gasteiger partial charge in [-0.25, -0.2) is 4.79 Å². The van der Waals surface area contributed by atoms with Crippen molar-refractivity contribution in [2.24, 2.45) is 0 Å². The topological polar surface area (TPSA) is 99.4 Å². The fraction of sp³-hybridized carbons (Fsp3) is 0.350. The van der Waals surface area contributed by atoms with Gasteiger partial charge in [0.1, 0.15) is 5.69 Å². The highest BCUT2D eigenvalue weighted by molar-refractivity contribution is 5.99. The van der Waals surface area contributed by atoms with Gasteiger partial charge in [-0.2, -0.15) is 26.3 Å². The minimum atomic E-state index is -5.47. The number of nitro groups is 1. The normalized spacial score (nSPS) is 13.8. The molecule has 1 heterocycles. The molecule has 0 bridgehead atoms. The van der Waals surface area contributed by atoms with E-state index in [-0.39, 0.29) is 22.8 Å². The molecular formula is C20H16F6N2O5. The summed E-state index contributed by atoms with van der Waals surface area (Å²) >= 11 is 0. The van der Waals surface area contributed by atoms with Crippen LogP contribution in [-0.4, -0.2) is 41.5 Å². The second-order valence-electron chi connectivity index (χ2n) is 7.12. The van der Waals surface area contributed by atoms with Crippen molar-refractivity contribution in [3.8, 4) is 0 Å². The monoisotopic (exact) mass is 478 g/mol. The highest BCUT2D eigenvalue weighted by atomic mass is 19.4. The molecule has 33 heavy (non-hydrogen) atoms. The molecule has 0 aliphatic heterocycles. The Balaban J connectivity index is 2.63. The molecule has 0 amide bonds. The van der Waals surface area contributed by atoms with Crippen molar-refractivity contribution in [1.29, 1.82) is 0 Å². The Morgan fingerprint density at radius 2 is 1.73 bits per heavy atom. The summed E-state index contributed by atoms with van der Waals surface area (Å²) < 4.78 is 86.3. The van der Waals surface area contributed by atoms with E-state index in [4.69, 9.17) is 0 Å². The molecule has 0 fully saturated rings. The predicted octanol–water partition coefficient (Wildman–Crippen LogP) is 4.55. The van der Waals surface area contributed by atoms with Gasteiger partial charge in [0.05, 0.1) is 12.7 Å². The molecule has 1 aromatic heterocycles. The zero-order valence-electron chi connectivity index (χ0n) is 17.1. The average molecular weight is 478 g/mol. The lowest BCUT2D eigenvalue weighted by atomic mass is 9.74. The smallest absolute Gasteiger partial charge is 0.433 e. The first kappa shape index (κ1) is 25.7. The average Bonchev–Trinajstić information content (AvgIpc) is 2.70. The van der Waals surface area contributed by atoms with Crippen LogP contribution in [0.1, 0.15) is 44.0 Å².